The van der Waals surface area contributed by atoms with Gasteiger partial charge < -0.3 is 13.7 Å². The molecule has 0 radical (unpaired) electrons. The van der Waals surface area contributed by atoms with Crippen molar-refractivity contribution >= 4 is 34.7 Å². The molecule has 0 spiro atoms. The summed E-state index contributed by atoms with van der Waals surface area (Å²) in [6.07, 6.45) is 4.68. The van der Waals surface area contributed by atoms with Gasteiger partial charge in [0.2, 0.25) is 0 Å². The maximum absolute atomic E-state index is 13.3. The third kappa shape index (κ3) is 4.29. The number of hydrazone groups is 1. The molecule has 1 saturated heterocycles. The van der Waals surface area contributed by atoms with E-state index in [-0.39, 0.29) is 23.8 Å². The van der Waals surface area contributed by atoms with E-state index in [1.807, 2.05) is 30.5 Å². The molecule has 32 heavy (non-hydrogen) atoms. The van der Waals surface area contributed by atoms with E-state index in [1.165, 1.54) is 11.8 Å². The van der Waals surface area contributed by atoms with E-state index in [0.717, 1.165) is 53.1 Å². The van der Waals surface area contributed by atoms with Crippen LogP contribution < -0.4 is 0 Å². The quantitative estimate of drug-likeness (QED) is 0.464. The summed E-state index contributed by atoms with van der Waals surface area (Å²) >= 11 is 3.12. The van der Waals surface area contributed by atoms with Crippen LogP contribution in [0, 0.1) is 13.8 Å². The largest absolute Gasteiger partial charge is 0.463 e. The molecule has 3 aromatic heterocycles. The van der Waals surface area contributed by atoms with E-state index in [0.29, 0.717) is 12.2 Å². The van der Waals surface area contributed by atoms with Gasteiger partial charge in [-0.25, -0.2) is 9.99 Å². The van der Waals surface area contributed by atoms with Gasteiger partial charge in [-0.3, -0.25) is 4.79 Å². The number of rotatable bonds is 7. The molecule has 0 aromatic carbocycles. The standard InChI is InChI=1S/C23H26N4O3S2/c1-15-16(2)26(13-17-6-3-9-29-17)23(24-15)32-14-22(28)27-19(21-8-5-11-31-21)12-18(25-27)20-7-4-10-30-20/h4-5,7-8,10-11,17,19H,3,6,9,12-14H2,1-2H3/t17-,19+/m1/s1. The highest BCUT2D eigenvalue weighted by atomic mass is 32.2. The van der Waals surface area contributed by atoms with Crippen molar-refractivity contribution < 1.29 is 13.9 Å². The predicted octanol–water partition coefficient (Wildman–Crippen LogP) is 4.80. The molecule has 7 nitrogen and oxygen atoms in total. The first-order valence-electron chi connectivity index (χ1n) is 10.8. The molecule has 0 aliphatic carbocycles. The third-order valence-corrected chi connectivity index (χ3v) is 7.94. The number of aromatic nitrogens is 2. The molecule has 1 fully saturated rings. The van der Waals surface area contributed by atoms with Gasteiger partial charge in [-0.2, -0.15) is 5.10 Å². The number of hydrogen-bond donors (Lipinski definition) is 0. The van der Waals surface area contributed by atoms with Gasteiger partial charge in [0.25, 0.3) is 5.91 Å². The molecule has 2 aliphatic heterocycles. The fraction of sp³-hybridized carbons (Fsp3) is 0.435. The Morgan fingerprint density at radius 1 is 1.31 bits per heavy atom. The van der Waals surface area contributed by atoms with Crippen LogP contribution in [-0.4, -0.2) is 44.6 Å². The van der Waals surface area contributed by atoms with Crippen LogP contribution in [0.5, 0.6) is 0 Å². The molecule has 1 amide bonds. The zero-order valence-electron chi connectivity index (χ0n) is 18.2. The van der Waals surface area contributed by atoms with Gasteiger partial charge in [-0.05, 0) is 50.3 Å². The van der Waals surface area contributed by atoms with Crippen molar-refractivity contribution in [1.82, 2.24) is 14.6 Å². The van der Waals surface area contributed by atoms with E-state index >= 15 is 0 Å². The molecule has 9 heteroatoms. The number of carbonyl (C=O) groups is 1. The lowest BCUT2D eigenvalue weighted by Crippen LogP contribution is -2.28. The molecule has 168 valence electrons. The number of carbonyl (C=O) groups excluding carboxylic acids is 1. The summed E-state index contributed by atoms with van der Waals surface area (Å²) in [6.45, 7) is 5.70. The SMILES string of the molecule is Cc1nc(SCC(=O)N2N=C(c3ccco3)C[C@H]2c2cccs2)n(C[C@H]2CCCO2)c1C. The second-order valence-corrected chi connectivity index (χ2v) is 10.0. The molecule has 0 unspecified atom stereocenters. The number of thiophene rings is 1. The summed E-state index contributed by atoms with van der Waals surface area (Å²) in [5.41, 5.74) is 2.93. The summed E-state index contributed by atoms with van der Waals surface area (Å²) in [6, 6.07) is 7.70. The molecule has 3 aromatic rings. The Morgan fingerprint density at radius 3 is 2.94 bits per heavy atom. The lowest BCUT2D eigenvalue weighted by atomic mass is 10.1. The number of amides is 1. The summed E-state index contributed by atoms with van der Waals surface area (Å²) < 4.78 is 13.6. The Balaban J connectivity index is 1.33. The van der Waals surface area contributed by atoms with Gasteiger partial charge in [0.1, 0.15) is 11.5 Å². The molecule has 2 atom stereocenters. The van der Waals surface area contributed by atoms with E-state index in [9.17, 15) is 4.79 Å². The van der Waals surface area contributed by atoms with E-state index in [4.69, 9.17) is 14.1 Å². The van der Waals surface area contributed by atoms with Crippen molar-refractivity contribution in [1.29, 1.82) is 0 Å². The van der Waals surface area contributed by atoms with Crippen LogP contribution in [0.1, 0.15) is 47.3 Å². The van der Waals surface area contributed by atoms with Crippen LogP contribution in [0.2, 0.25) is 0 Å². The van der Waals surface area contributed by atoms with Crippen LogP contribution in [0.3, 0.4) is 0 Å². The molecule has 2 aliphatic rings. The van der Waals surface area contributed by atoms with Crippen LogP contribution in [0.4, 0.5) is 0 Å². The van der Waals surface area contributed by atoms with Gasteiger partial charge in [-0.15, -0.1) is 11.3 Å². The number of thioether (sulfide) groups is 1. The summed E-state index contributed by atoms with van der Waals surface area (Å²) in [5.74, 6) is 0.961. The topological polar surface area (TPSA) is 72.9 Å². The summed E-state index contributed by atoms with van der Waals surface area (Å²) in [4.78, 5) is 19.1. The minimum atomic E-state index is -0.0988. The predicted molar refractivity (Wildman–Crippen MR) is 125 cm³/mol. The summed E-state index contributed by atoms with van der Waals surface area (Å²) in [5, 5.41) is 9.19. The minimum Gasteiger partial charge on any atom is -0.463 e. The molecule has 5 rings (SSSR count). The van der Waals surface area contributed by atoms with Crippen LogP contribution in [0.15, 0.2) is 50.6 Å². The highest BCUT2D eigenvalue weighted by Crippen LogP contribution is 2.36. The van der Waals surface area contributed by atoms with Crippen molar-refractivity contribution in [3.05, 3.63) is 57.9 Å². The van der Waals surface area contributed by atoms with E-state index in [1.54, 1.807) is 22.6 Å². The van der Waals surface area contributed by atoms with Crippen molar-refractivity contribution in [2.75, 3.05) is 12.4 Å². The van der Waals surface area contributed by atoms with Crippen molar-refractivity contribution in [3.8, 4) is 0 Å². The lowest BCUT2D eigenvalue weighted by molar-refractivity contribution is -0.130. The fourth-order valence-corrected chi connectivity index (χ4v) is 5.93. The number of furan rings is 1. The Kier molecular flexibility index (Phi) is 6.21. The van der Waals surface area contributed by atoms with E-state index in [2.05, 4.69) is 22.7 Å². The number of hydrogen-bond acceptors (Lipinski definition) is 7. The first kappa shape index (κ1) is 21.5. The Bertz CT molecular complexity index is 1100. The van der Waals surface area contributed by atoms with Crippen molar-refractivity contribution in [2.45, 2.75) is 57.0 Å². The zero-order chi connectivity index (χ0) is 22.1. The normalized spacial score (nSPS) is 20.8. The average molecular weight is 471 g/mol. The van der Waals surface area contributed by atoms with E-state index < -0.39 is 0 Å². The van der Waals surface area contributed by atoms with Gasteiger partial charge in [0, 0.05) is 23.6 Å². The Morgan fingerprint density at radius 2 is 2.22 bits per heavy atom. The molecular weight excluding hydrogens is 444 g/mol. The van der Waals surface area contributed by atoms with Crippen molar-refractivity contribution in [3.63, 3.8) is 0 Å². The molecule has 5 heterocycles. The Labute approximate surface area is 195 Å². The third-order valence-electron chi connectivity index (χ3n) is 6.00. The van der Waals surface area contributed by atoms with Crippen LogP contribution in [0.25, 0.3) is 0 Å². The smallest absolute Gasteiger partial charge is 0.253 e. The number of ether oxygens (including phenoxy) is 1. The minimum absolute atomic E-state index is 0.0306. The maximum atomic E-state index is 13.3. The number of nitrogens with zero attached hydrogens (tertiary/aromatic N) is 4. The highest BCUT2D eigenvalue weighted by Gasteiger charge is 2.34. The number of imidazole rings is 1. The lowest BCUT2D eigenvalue weighted by Gasteiger charge is -2.20. The zero-order valence-corrected chi connectivity index (χ0v) is 19.8. The maximum Gasteiger partial charge on any atom is 0.253 e. The van der Waals surface area contributed by atoms with Gasteiger partial charge in [-0.1, -0.05) is 17.8 Å². The first-order chi connectivity index (χ1) is 15.6. The molecular formula is C23H26N4O3S2. The molecule has 0 saturated carbocycles. The highest BCUT2D eigenvalue weighted by molar-refractivity contribution is 7.99. The molecule has 0 bridgehead atoms. The Hall–Kier alpha value is -2.36. The van der Waals surface area contributed by atoms with Crippen molar-refractivity contribution in [2.24, 2.45) is 5.10 Å². The fourth-order valence-electron chi connectivity index (χ4n) is 4.17. The molecule has 0 N–H and O–H groups in total. The van der Waals surface area contributed by atoms with Gasteiger partial charge >= 0.3 is 0 Å². The monoisotopic (exact) mass is 470 g/mol. The second-order valence-electron chi connectivity index (χ2n) is 8.10. The van der Waals surface area contributed by atoms with Crippen LogP contribution in [-0.2, 0) is 16.1 Å². The summed E-state index contributed by atoms with van der Waals surface area (Å²) in [7, 11) is 0. The first-order valence-corrected chi connectivity index (χ1v) is 12.7. The second kappa shape index (κ2) is 9.25. The average Bonchev–Trinajstić information content (AvgIpc) is 3.59. The van der Waals surface area contributed by atoms with Gasteiger partial charge in [0.15, 0.2) is 5.16 Å². The van der Waals surface area contributed by atoms with Gasteiger partial charge in [0.05, 0.1) is 36.4 Å². The number of aryl methyl sites for hydroxylation is 1. The van der Waals surface area contributed by atoms with Crippen LogP contribution >= 0.6 is 23.1 Å².